The van der Waals surface area contributed by atoms with Gasteiger partial charge in [-0.15, -0.1) is 0 Å². The Morgan fingerprint density at radius 3 is 2.67 bits per heavy atom. The summed E-state index contributed by atoms with van der Waals surface area (Å²) in [6.45, 7) is 0.0420. The molecule has 1 aromatic heterocycles. The zero-order valence-electron chi connectivity index (χ0n) is 7.77. The predicted molar refractivity (Wildman–Crippen MR) is 50.0 cm³/mol. The van der Waals surface area contributed by atoms with Crippen LogP contribution in [0.3, 0.4) is 0 Å². The van der Waals surface area contributed by atoms with E-state index in [9.17, 15) is 14.4 Å². The monoisotopic (exact) mass is 214 g/mol. The number of rotatable bonds is 4. The van der Waals surface area contributed by atoms with Crippen LogP contribution >= 0.6 is 0 Å². The molecule has 7 nitrogen and oxygen atoms in total. The number of aliphatic hydroxyl groups is 1. The Bertz CT molecular complexity index is 473. The number of aromatic carboxylic acids is 1. The van der Waals surface area contributed by atoms with Crippen molar-refractivity contribution in [3.63, 3.8) is 0 Å². The quantitative estimate of drug-likeness (QED) is 0.571. The third-order valence-corrected chi connectivity index (χ3v) is 1.80. The molecule has 0 aliphatic rings. The molecule has 0 saturated carbocycles. The first-order valence-electron chi connectivity index (χ1n) is 4.24. The van der Waals surface area contributed by atoms with Gasteiger partial charge in [-0.3, -0.25) is 14.3 Å². The first-order valence-corrected chi connectivity index (χ1v) is 4.24. The van der Waals surface area contributed by atoms with Crippen molar-refractivity contribution in [2.45, 2.75) is 13.0 Å². The second-order valence-electron chi connectivity index (χ2n) is 2.88. The van der Waals surface area contributed by atoms with Crippen LogP contribution in [0.25, 0.3) is 0 Å². The third kappa shape index (κ3) is 2.53. The van der Waals surface area contributed by atoms with E-state index in [1.54, 1.807) is 0 Å². The van der Waals surface area contributed by atoms with Crippen molar-refractivity contribution >= 4 is 5.97 Å². The van der Waals surface area contributed by atoms with E-state index in [4.69, 9.17) is 10.2 Å². The molecule has 0 aliphatic heterocycles. The summed E-state index contributed by atoms with van der Waals surface area (Å²) in [5.41, 5.74) is -2.10. The first kappa shape index (κ1) is 11.2. The number of nitrogens with one attached hydrogen (secondary N) is 1. The summed E-state index contributed by atoms with van der Waals surface area (Å²) in [6, 6.07) is 0. The number of carbonyl (C=O) groups is 1. The van der Waals surface area contributed by atoms with Crippen LogP contribution in [-0.2, 0) is 6.54 Å². The van der Waals surface area contributed by atoms with E-state index in [-0.39, 0.29) is 13.2 Å². The number of aryl methyl sites for hydroxylation is 1. The SMILES string of the molecule is O=C(O)c1cn(CCCO)c(=O)[nH]c1=O. The van der Waals surface area contributed by atoms with E-state index in [1.807, 2.05) is 4.98 Å². The smallest absolute Gasteiger partial charge is 0.342 e. The largest absolute Gasteiger partial charge is 0.477 e. The lowest BCUT2D eigenvalue weighted by atomic mass is 10.3. The van der Waals surface area contributed by atoms with Gasteiger partial charge in [0, 0.05) is 19.3 Å². The zero-order chi connectivity index (χ0) is 11.4. The van der Waals surface area contributed by atoms with Crippen LogP contribution in [0.15, 0.2) is 15.8 Å². The first-order chi connectivity index (χ1) is 7.06. The number of aromatic nitrogens is 2. The molecular weight excluding hydrogens is 204 g/mol. The number of nitrogens with zero attached hydrogens (tertiary/aromatic N) is 1. The standard InChI is InChI=1S/C8H10N2O5/c11-3-1-2-10-4-5(7(13)14)6(12)9-8(10)15/h4,11H,1-3H2,(H,13,14)(H,9,12,15). The van der Waals surface area contributed by atoms with Crippen molar-refractivity contribution < 1.29 is 15.0 Å². The van der Waals surface area contributed by atoms with Gasteiger partial charge in [0.2, 0.25) is 0 Å². The maximum atomic E-state index is 11.2. The van der Waals surface area contributed by atoms with E-state index in [2.05, 4.69) is 0 Å². The molecule has 7 heteroatoms. The summed E-state index contributed by atoms with van der Waals surface area (Å²) >= 11 is 0. The van der Waals surface area contributed by atoms with Gasteiger partial charge in [-0.1, -0.05) is 0 Å². The molecule has 0 unspecified atom stereocenters. The minimum atomic E-state index is -1.39. The highest BCUT2D eigenvalue weighted by molar-refractivity contribution is 5.86. The third-order valence-electron chi connectivity index (χ3n) is 1.80. The Hall–Kier alpha value is -1.89. The average Bonchev–Trinajstić information content (AvgIpc) is 2.16. The van der Waals surface area contributed by atoms with Gasteiger partial charge in [0.15, 0.2) is 0 Å². The Balaban J connectivity index is 3.18. The normalized spacial score (nSPS) is 10.2. The minimum Gasteiger partial charge on any atom is -0.477 e. The molecule has 0 bridgehead atoms. The molecule has 0 saturated heterocycles. The highest BCUT2D eigenvalue weighted by atomic mass is 16.4. The summed E-state index contributed by atoms with van der Waals surface area (Å²) in [5, 5.41) is 17.2. The number of H-pyrrole nitrogens is 1. The van der Waals surface area contributed by atoms with Crippen LogP contribution in [-0.4, -0.2) is 32.3 Å². The molecular formula is C8H10N2O5. The lowest BCUT2D eigenvalue weighted by Crippen LogP contribution is -2.33. The second-order valence-corrected chi connectivity index (χ2v) is 2.88. The molecule has 0 amide bonds. The molecule has 1 aromatic rings. The highest BCUT2D eigenvalue weighted by Gasteiger charge is 2.10. The van der Waals surface area contributed by atoms with Crippen LogP contribution < -0.4 is 11.2 Å². The molecule has 82 valence electrons. The van der Waals surface area contributed by atoms with Crippen molar-refractivity contribution in [2.24, 2.45) is 0 Å². The van der Waals surface area contributed by atoms with Gasteiger partial charge in [-0.2, -0.15) is 0 Å². The Morgan fingerprint density at radius 1 is 1.47 bits per heavy atom. The van der Waals surface area contributed by atoms with Crippen molar-refractivity contribution in [1.82, 2.24) is 9.55 Å². The number of aromatic amines is 1. The van der Waals surface area contributed by atoms with Gasteiger partial charge in [0.1, 0.15) is 5.56 Å². The van der Waals surface area contributed by atoms with Gasteiger partial charge < -0.3 is 10.2 Å². The van der Waals surface area contributed by atoms with Crippen molar-refractivity contribution in [1.29, 1.82) is 0 Å². The molecule has 1 heterocycles. The molecule has 0 spiro atoms. The van der Waals surface area contributed by atoms with Crippen molar-refractivity contribution in [3.05, 3.63) is 32.6 Å². The van der Waals surface area contributed by atoms with Gasteiger partial charge in [0.05, 0.1) is 0 Å². The number of hydrogen-bond donors (Lipinski definition) is 3. The van der Waals surface area contributed by atoms with Crippen LogP contribution in [0.5, 0.6) is 0 Å². The summed E-state index contributed by atoms with van der Waals surface area (Å²) in [5.74, 6) is -1.39. The van der Waals surface area contributed by atoms with Crippen LogP contribution in [0.1, 0.15) is 16.8 Å². The maximum absolute atomic E-state index is 11.2. The summed E-state index contributed by atoms with van der Waals surface area (Å²) in [4.78, 5) is 34.6. The van der Waals surface area contributed by atoms with Crippen molar-refractivity contribution in [2.75, 3.05) is 6.61 Å². The molecule has 1 rings (SSSR count). The number of aliphatic hydroxyl groups excluding tert-OH is 1. The lowest BCUT2D eigenvalue weighted by molar-refractivity contribution is 0.0693. The Kier molecular flexibility index (Phi) is 3.40. The van der Waals surface area contributed by atoms with E-state index >= 15 is 0 Å². The summed E-state index contributed by atoms with van der Waals surface area (Å²) < 4.78 is 1.04. The highest BCUT2D eigenvalue weighted by Crippen LogP contribution is 1.89. The summed E-state index contributed by atoms with van der Waals surface area (Å²) in [7, 11) is 0. The lowest BCUT2D eigenvalue weighted by Gasteiger charge is -2.03. The van der Waals surface area contributed by atoms with Gasteiger partial charge >= 0.3 is 11.7 Å². The molecule has 0 aromatic carbocycles. The number of carboxylic acids is 1. The van der Waals surface area contributed by atoms with Crippen LogP contribution in [0.2, 0.25) is 0 Å². The van der Waals surface area contributed by atoms with E-state index in [0.717, 1.165) is 10.8 Å². The fourth-order valence-corrected chi connectivity index (χ4v) is 1.07. The average molecular weight is 214 g/mol. The zero-order valence-corrected chi connectivity index (χ0v) is 7.77. The predicted octanol–water partition coefficient (Wildman–Crippen LogP) is -1.38. The molecule has 3 N–H and O–H groups in total. The Labute approximate surface area is 83.6 Å². The van der Waals surface area contributed by atoms with E-state index in [0.29, 0.717) is 6.42 Å². The minimum absolute atomic E-state index is 0.117. The van der Waals surface area contributed by atoms with Crippen LogP contribution in [0, 0.1) is 0 Å². The van der Waals surface area contributed by atoms with E-state index in [1.165, 1.54) is 0 Å². The molecule has 0 fully saturated rings. The van der Waals surface area contributed by atoms with Gasteiger partial charge in [-0.05, 0) is 6.42 Å². The second kappa shape index (κ2) is 4.56. The summed E-state index contributed by atoms with van der Waals surface area (Å²) in [6.07, 6.45) is 1.28. The fraction of sp³-hybridized carbons (Fsp3) is 0.375. The maximum Gasteiger partial charge on any atom is 0.342 e. The molecule has 0 atom stereocenters. The molecule has 0 aliphatic carbocycles. The Morgan fingerprint density at radius 2 is 2.13 bits per heavy atom. The van der Waals surface area contributed by atoms with Gasteiger partial charge in [-0.25, -0.2) is 9.59 Å². The number of hydrogen-bond acceptors (Lipinski definition) is 4. The molecule has 15 heavy (non-hydrogen) atoms. The van der Waals surface area contributed by atoms with E-state index < -0.39 is 22.8 Å². The van der Waals surface area contributed by atoms with Gasteiger partial charge in [0.25, 0.3) is 5.56 Å². The van der Waals surface area contributed by atoms with Crippen LogP contribution in [0.4, 0.5) is 0 Å². The van der Waals surface area contributed by atoms with Crippen molar-refractivity contribution in [3.8, 4) is 0 Å². The molecule has 0 radical (unpaired) electrons. The number of carboxylic acid groups (broad SMARTS) is 1. The fourth-order valence-electron chi connectivity index (χ4n) is 1.07. The topological polar surface area (TPSA) is 112 Å².